The lowest BCUT2D eigenvalue weighted by Gasteiger charge is -2.02. The molecule has 0 N–H and O–H groups in total. The van der Waals surface area contributed by atoms with Gasteiger partial charge in [0.1, 0.15) is 5.40 Å². The number of aryl methyl sites for hydroxylation is 1. The van der Waals surface area contributed by atoms with Crippen LogP contribution >= 0.6 is 23.4 Å². The van der Waals surface area contributed by atoms with E-state index in [-0.39, 0.29) is 10.7 Å². The van der Waals surface area contributed by atoms with E-state index in [2.05, 4.69) is 0 Å². The Morgan fingerprint density at radius 2 is 2.29 bits per heavy atom. The van der Waals surface area contributed by atoms with Gasteiger partial charge in [-0.05, 0) is 24.2 Å². The third-order valence-corrected chi connectivity index (χ3v) is 2.82. The van der Waals surface area contributed by atoms with Gasteiger partial charge in [0.15, 0.2) is 0 Å². The van der Waals surface area contributed by atoms with E-state index in [1.807, 2.05) is 5.40 Å². The van der Waals surface area contributed by atoms with E-state index in [4.69, 9.17) is 16.9 Å². The van der Waals surface area contributed by atoms with Gasteiger partial charge in [-0.2, -0.15) is 5.26 Å². The summed E-state index contributed by atoms with van der Waals surface area (Å²) in [5.74, 6) is 0. The van der Waals surface area contributed by atoms with Crippen LogP contribution in [0.3, 0.4) is 0 Å². The molecule has 0 bridgehead atoms. The second-order valence-corrected chi connectivity index (χ2v) is 3.73. The summed E-state index contributed by atoms with van der Waals surface area (Å²) < 4.78 is 0. The zero-order chi connectivity index (χ0) is 10.7. The maximum Gasteiger partial charge on any atom is 0.271 e. The van der Waals surface area contributed by atoms with Crippen LogP contribution in [0.4, 0.5) is 5.69 Å². The Morgan fingerprint density at radius 3 is 2.71 bits per heavy atom. The molecule has 14 heavy (non-hydrogen) atoms. The molecule has 0 fully saturated rings. The molecule has 0 radical (unpaired) electrons. The molecule has 0 unspecified atom stereocenters. The van der Waals surface area contributed by atoms with Crippen molar-refractivity contribution in [1.82, 2.24) is 0 Å². The van der Waals surface area contributed by atoms with Crippen LogP contribution in [0.2, 0.25) is 5.02 Å². The number of nitro benzene ring substituents is 1. The Labute approximate surface area is 89.6 Å². The minimum Gasteiger partial charge on any atom is -0.258 e. The van der Waals surface area contributed by atoms with Gasteiger partial charge in [0.25, 0.3) is 5.69 Å². The lowest BCUT2D eigenvalue weighted by molar-refractivity contribution is -0.384. The molecule has 0 saturated carbocycles. The number of rotatable bonds is 2. The largest absolute Gasteiger partial charge is 0.271 e. The smallest absolute Gasteiger partial charge is 0.258 e. The molecule has 0 heterocycles. The summed E-state index contributed by atoms with van der Waals surface area (Å²) in [5, 5.41) is 21.0. The zero-order valence-electron chi connectivity index (χ0n) is 7.15. The van der Waals surface area contributed by atoms with E-state index in [9.17, 15) is 10.1 Å². The maximum atomic E-state index is 10.4. The second-order valence-electron chi connectivity index (χ2n) is 2.52. The van der Waals surface area contributed by atoms with Gasteiger partial charge >= 0.3 is 0 Å². The molecular weight excluding hydrogens is 224 g/mol. The Kier molecular flexibility index (Phi) is 3.33. The van der Waals surface area contributed by atoms with E-state index in [0.717, 1.165) is 11.8 Å². The standard InChI is InChI=1S/C8H5ClN2O2S/c1-5-2-6(11(12)13)3-7(9)8(5)14-4-10/h2-3H,1H3. The number of thioether (sulfide) groups is 1. The predicted octanol–water partition coefficient (Wildman–Crippen LogP) is 3.13. The molecule has 0 amide bonds. The molecule has 0 aliphatic carbocycles. The summed E-state index contributed by atoms with van der Waals surface area (Å²) >= 11 is 6.68. The van der Waals surface area contributed by atoms with Crippen molar-refractivity contribution < 1.29 is 4.92 Å². The summed E-state index contributed by atoms with van der Waals surface area (Å²) in [7, 11) is 0. The van der Waals surface area contributed by atoms with E-state index < -0.39 is 4.92 Å². The predicted molar refractivity (Wildman–Crippen MR) is 54.3 cm³/mol. The fourth-order valence-corrected chi connectivity index (χ4v) is 1.84. The summed E-state index contributed by atoms with van der Waals surface area (Å²) in [6.45, 7) is 1.68. The number of nitrogens with zero attached hydrogens (tertiary/aromatic N) is 2. The fourth-order valence-electron chi connectivity index (χ4n) is 0.993. The average Bonchev–Trinajstić information content (AvgIpc) is 2.10. The van der Waals surface area contributed by atoms with Crippen molar-refractivity contribution in [2.24, 2.45) is 0 Å². The Bertz CT molecular complexity index is 405. The molecule has 0 aliphatic rings. The van der Waals surface area contributed by atoms with Gasteiger partial charge < -0.3 is 0 Å². The van der Waals surface area contributed by atoms with E-state index in [1.165, 1.54) is 12.1 Å². The molecule has 0 spiro atoms. The van der Waals surface area contributed by atoms with Crippen LogP contribution in [-0.4, -0.2) is 4.92 Å². The number of non-ortho nitro benzene ring substituents is 1. The van der Waals surface area contributed by atoms with Gasteiger partial charge in [0.2, 0.25) is 0 Å². The third kappa shape index (κ3) is 2.16. The number of benzene rings is 1. The number of hydrogen-bond donors (Lipinski definition) is 0. The summed E-state index contributed by atoms with van der Waals surface area (Å²) in [6.07, 6.45) is 0. The highest BCUT2D eigenvalue weighted by Crippen LogP contribution is 2.33. The first-order valence-corrected chi connectivity index (χ1v) is 4.76. The highest BCUT2D eigenvalue weighted by molar-refractivity contribution is 8.03. The molecule has 6 heteroatoms. The Balaban J connectivity index is 3.26. The van der Waals surface area contributed by atoms with E-state index in [0.29, 0.717) is 10.5 Å². The summed E-state index contributed by atoms with van der Waals surface area (Å²) in [4.78, 5) is 10.5. The molecule has 1 aromatic rings. The first-order chi connectivity index (χ1) is 6.56. The normalized spacial score (nSPS) is 9.50. The minimum absolute atomic E-state index is 0.0604. The molecule has 1 rings (SSSR count). The molecule has 0 aromatic heterocycles. The number of nitro groups is 1. The topological polar surface area (TPSA) is 66.9 Å². The van der Waals surface area contributed by atoms with Gasteiger partial charge in [0.05, 0.1) is 9.95 Å². The molecular formula is C8H5ClN2O2S. The number of hydrogen-bond acceptors (Lipinski definition) is 4. The first-order valence-electron chi connectivity index (χ1n) is 3.56. The van der Waals surface area contributed by atoms with Crippen molar-refractivity contribution in [2.45, 2.75) is 11.8 Å². The SMILES string of the molecule is Cc1cc([N+](=O)[O-])cc(Cl)c1SC#N. The van der Waals surface area contributed by atoms with Crippen LogP contribution in [0.25, 0.3) is 0 Å². The number of thiocyanates is 1. The van der Waals surface area contributed by atoms with Gasteiger partial charge in [-0.25, -0.2) is 0 Å². The van der Waals surface area contributed by atoms with Crippen LogP contribution in [0.1, 0.15) is 5.56 Å². The van der Waals surface area contributed by atoms with Crippen molar-refractivity contribution in [3.63, 3.8) is 0 Å². The van der Waals surface area contributed by atoms with Gasteiger partial charge in [-0.3, -0.25) is 10.1 Å². The molecule has 72 valence electrons. The number of halogens is 1. The molecule has 0 atom stereocenters. The van der Waals surface area contributed by atoms with E-state index >= 15 is 0 Å². The third-order valence-electron chi connectivity index (χ3n) is 1.57. The van der Waals surface area contributed by atoms with Crippen molar-refractivity contribution in [2.75, 3.05) is 0 Å². The lowest BCUT2D eigenvalue weighted by atomic mass is 10.2. The first kappa shape index (κ1) is 10.8. The van der Waals surface area contributed by atoms with Crippen LogP contribution in [-0.2, 0) is 0 Å². The summed E-state index contributed by atoms with van der Waals surface area (Å²) in [6, 6.07) is 2.64. The Morgan fingerprint density at radius 1 is 1.64 bits per heavy atom. The highest BCUT2D eigenvalue weighted by atomic mass is 35.5. The fraction of sp³-hybridized carbons (Fsp3) is 0.125. The van der Waals surface area contributed by atoms with Gasteiger partial charge in [-0.1, -0.05) is 11.6 Å². The molecule has 0 aliphatic heterocycles. The average molecular weight is 229 g/mol. The van der Waals surface area contributed by atoms with E-state index in [1.54, 1.807) is 6.92 Å². The maximum absolute atomic E-state index is 10.4. The summed E-state index contributed by atoms with van der Waals surface area (Å²) in [5.41, 5.74) is 0.575. The lowest BCUT2D eigenvalue weighted by Crippen LogP contribution is -1.90. The van der Waals surface area contributed by atoms with Crippen LogP contribution in [0.5, 0.6) is 0 Å². The van der Waals surface area contributed by atoms with Gasteiger partial charge in [0, 0.05) is 17.0 Å². The van der Waals surface area contributed by atoms with Crippen LogP contribution in [0, 0.1) is 27.7 Å². The van der Waals surface area contributed by atoms with Crippen molar-refractivity contribution in [1.29, 1.82) is 5.26 Å². The second kappa shape index (κ2) is 4.31. The van der Waals surface area contributed by atoms with Crippen molar-refractivity contribution in [3.05, 3.63) is 32.8 Å². The zero-order valence-corrected chi connectivity index (χ0v) is 8.72. The quantitative estimate of drug-likeness (QED) is 0.338. The van der Waals surface area contributed by atoms with Crippen LogP contribution < -0.4 is 0 Å². The van der Waals surface area contributed by atoms with Crippen LogP contribution in [0.15, 0.2) is 17.0 Å². The van der Waals surface area contributed by atoms with Gasteiger partial charge in [-0.15, -0.1) is 0 Å². The highest BCUT2D eigenvalue weighted by Gasteiger charge is 2.13. The minimum atomic E-state index is -0.514. The monoisotopic (exact) mass is 228 g/mol. The van der Waals surface area contributed by atoms with Crippen molar-refractivity contribution >= 4 is 29.1 Å². The molecule has 4 nitrogen and oxygen atoms in total. The molecule has 0 saturated heterocycles. The molecule has 1 aromatic carbocycles. The Hall–Kier alpha value is -1.25. The number of nitriles is 1. The van der Waals surface area contributed by atoms with Crippen molar-refractivity contribution in [3.8, 4) is 5.40 Å².